The van der Waals surface area contributed by atoms with Crippen molar-refractivity contribution < 1.29 is 9.47 Å². The fourth-order valence-corrected chi connectivity index (χ4v) is 2.33. The monoisotopic (exact) mass is 294 g/mol. The molecule has 4 heteroatoms. The lowest BCUT2D eigenvalue weighted by molar-refractivity contribution is 0.0705. The molecule has 0 aliphatic carbocycles. The minimum Gasteiger partial charge on any atom is -0.383 e. The molecule has 0 bridgehead atoms. The Morgan fingerprint density at radius 3 is 2.33 bits per heavy atom. The molecule has 0 saturated heterocycles. The third-order valence-electron chi connectivity index (χ3n) is 3.69. The Morgan fingerprint density at radius 2 is 1.76 bits per heavy atom. The average molecular weight is 294 g/mol. The Labute approximate surface area is 129 Å². The molecule has 4 nitrogen and oxygen atoms in total. The number of nitrogens with zero attached hydrogens (tertiary/aromatic N) is 1. The average Bonchev–Trinajstić information content (AvgIpc) is 2.50. The lowest BCUT2D eigenvalue weighted by Gasteiger charge is -2.28. The van der Waals surface area contributed by atoms with Gasteiger partial charge in [-0.15, -0.1) is 0 Å². The van der Waals surface area contributed by atoms with Crippen LogP contribution < -0.4 is 5.32 Å². The zero-order valence-electron chi connectivity index (χ0n) is 13.9. The highest BCUT2D eigenvalue weighted by Crippen LogP contribution is 2.11. The zero-order chi connectivity index (χ0) is 15.5. The van der Waals surface area contributed by atoms with Crippen LogP contribution in [-0.4, -0.2) is 58.5 Å². The van der Waals surface area contributed by atoms with Crippen molar-refractivity contribution in [2.24, 2.45) is 0 Å². The van der Waals surface area contributed by atoms with Crippen molar-refractivity contribution in [2.45, 2.75) is 25.9 Å². The fourth-order valence-electron chi connectivity index (χ4n) is 2.33. The first kappa shape index (κ1) is 18.1. The Bertz CT molecular complexity index is 368. The predicted molar refractivity (Wildman–Crippen MR) is 87.7 cm³/mol. The van der Waals surface area contributed by atoms with Crippen LogP contribution in [0, 0.1) is 0 Å². The highest BCUT2D eigenvalue weighted by molar-refractivity contribution is 5.22. The summed E-state index contributed by atoms with van der Waals surface area (Å²) >= 11 is 0. The summed E-state index contributed by atoms with van der Waals surface area (Å²) in [6.45, 7) is 6.55. The Kier molecular flexibility index (Phi) is 9.26. The molecule has 0 spiro atoms. The lowest BCUT2D eigenvalue weighted by Crippen LogP contribution is -2.38. The smallest absolute Gasteiger partial charge is 0.0615 e. The zero-order valence-corrected chi connectivity index (χ0v) is 13.9. The number of likely N-dealkylation sites (N-methyl/N-ethyl adjacent to an activating group) is 1. The number of hydrogen-bond donors (Lipinski definition) is 1. The van der Waals surface area contributed by atoms with E-state index in [1.165, 1.54) is 11.1 Å². The summed E-state index contributed by atoms with van der Waals surface area (Å²) in [7, 11) is 5.48. The van der Waals surface area contributed by atoms with Gasteiger partial charge >= 0.3 is 0 Å². The molecule has 0 heterocycles. The Morgan fingerprint density at radius 1 is 1.10 bits per heavy atom. The molecule has 1 aromatic carbocycles. The molecule has 1 aromatic rings. The first-order valence-electron chi connectivity index (χ1n) is 7.65. The fraction of sp³-hybridized carbons (Fsp3) is 0.647. The van der Waals surface area contributed by atoms with Crippen molar-refractivity contribution in [3.05, 3.63) is 35.4 Å². The maximum atomic E-state index is 5.28. The van der Waals surface area contributed by atoms with E-state index in [2.05, 4.69) is 41.4 Å². The number of benzene rings is 1. The van der Waals surface area contributed by atoms with Crippen molar-refractivity contribution in [1.29, 1.82) is 0 Å². The van der Waals surface area contributed by atoms with E-state index in [0.29, 0.717) is 6.04 Å². The molecule has 21 heavy (non-hydrogen) atoms. The standard InChI is InChI=1S/C17H30N2O2/c1-15(14-21-4)19(11-12-20-3)13-17-7-5-16(6-8-17)9-10-18-2/h5-8,15,18H,9-14H2,1-4H3. The van der Waals surface area contributed by atoms with Crippen LogP contribution in [0.1, 0.15) is 18.1 Å². The Hall–Kier alpha value is -0.940. The minimum atomic E-state index is 0.383. The highest BCUT2D eigenvalue weighted by atomic mass is 16.5. The quantitative estimate of drug-likeness (QED) is 0.676. The molecule has 0 aromatic heterocycles. The number of nitrogens with one attached hydrogen (secondary N) is 1. The van der Waals surface area contributed by atoms with Gasteiger partial charge in [-0.25, -0.2) is 0 Å². The SMILES string of the molecule is CNCCc1ccc(CN(CCOC)C(C)COC)cc1. The second-order valence-electron chi connectivity index (χ2n) is 5.44. The molecular weight excluding hydrogens is 264 g/mol. The Balaban J connectivity index is 2.59. The van der Waals surface area contributed by atoms with Crippen LogP contribution in [-0.2, 0) is 22.4 Å². The number of methoxy groups -OCH3 is 2. The molecule has 0 radical (unpaired) electrons. The predicted octanol–water partition coefficient (Wildman–Crippen LogP) is 1.93. The van der Waals surface area contributed by atoms with Gasteiger partial charge in [-0.3, -0.25) is 4.90 Å². The number of hydrogen-bond acceptors (Lipinski definition) is 4. The topological polar surface area (TPSA) is 33.7 Å². The second kappa shape index (κ2) is 10.7. The van der Waals surface area contributed by atoms with E-state index in [-0.39, 0.29) is 0 Å². The molecule has 120 valence electrons. The van der Waals surface area contributed by atoms with Crippen molar-refractivity contribution in [2.75, 3.05) is 47.6 Å². The molecule has 1 unspecified atom stereocenters. The van der Waals surface area contributed by atoms with E-state index < -0.39 is 0 Å². The summed E-state index contributed by atoms with van der Waals surface area (Å²) in [5, 5.41) is 3.18. The molecule has 1 rings (SSSR count). The van der Waals surface area contributed by atoms with Crippen LogP contribution in [0.3, 0.4) is 0 Å². The van der Waals surface area contributed by atoms with Crippen LogP contribution in [0.2, 0.25) is 0 Å². The summed E-state index contributed by atoms with van der Waals surface area (Å²) < 4.78 is 10.5. The largest absolute Gasteiger partial charge is 0.383 e. The third-order valence-corrected chi connectivity index (χ3v) is 3.69. The molecule has 0 aliphatic heterocycles. The van der Waals surface area contributed by atoms with Gasteiger partial charge < -0.3 is 14.8 Å². The number of rotatable bonds is 11. The van der Waals surface area contributed by atoms with E-state index >= 15 is 0 Å². The summed E-state index contributed by atoms with van der Waals surface area (Å²) in [5.74, 6) is 0. The molecular formula is C17H30N2O2. The summed E-state index contributed by atoms with van der Waals surface area (Å²) in [4.78, 5) is 2.40. The first-order valence-corrected chi connectivity index (χ1v) is 7.65. The van der Waals surface area contributed by atoms with Crippen molar-refractivity contribution in [1.82, 2.24) is 10.2 Å². The highest BCUT2D eigenvalue weighted by Gasteiger charge is 2.13. The molecule has 0 saturated carbocycles. The summed E-state index contributed by atoms with van der Waals surface area (Å²) in [6, 6.07) is 9.29. The molecule has 0 fully saturated rings. The van der Waals surface area contributed by atoms with Crippen LogP contribution in [0.4, 0.5) is 0 Å². The second-order valence-corrected chi connectivity index (χ2v) is 5.44. The van der Waals surface area contributed by atoms with E-state index in [0.717, 1.165) is 39.3 Å². The van der Waals surface area contributed by atoms with Crippen molar-refractivity contribution in [3.8, 4) is 0 Å². The number of ether oxygens (including phenoxy) is 2. The molecule has 1 atom stereocenters. The molecule has 0 aliphatic rings. The van der Waals surface area contributed by atoms with Crippen LogP contribution in [0.5, 0.6) is 0 Å². The van der Waals surface area contributed by atoms with E-state index in [1.807, 2.05) is 7.05 Å². The van der Waals surface area contributed by atoms with Gasteiger partial charge in [-0.05, 0) is 38.1 Å². The van der Waals surface area contributed by atoms with E-state index in [9.17, 15) is 0 Å². The minimum absolute atomic E-state index is 0.383. The van der Waals surface area contributed by atoms with Gasteiger partial charge in [0.15, 0.2) is 0 Å². The van der Waals surface area contributed by atoms with Gasteiger partial charge in [-0.1, -0.05) is 24.3 Å². The van der Waals surface area contributed by atoms with Gasteiger partial charge in [0, 0.05) is 33.4 Å². The molecule has 0 amide bonds. The summed E-state index contributed by atoms with van der Waals surface area (Å²) in [5.41, 5.74) is 2.71. The van der Waals surface area contributed by atoms with Gasteiger partial charge in [-0.2, -0.15) is 0 Å². The van der Waals surface area contributed by atoms with Gasteiger partial charge in [0.1, 0.15) is 0 Å². The van der Waals surface area contributed by atoms with E-state index in [1.54, 1.807) is 14.2 Å². The maximum absolute atomic E-state index is 5.28. The van der Waals surface area contributed by atoms with Crippen molar-refractivity contribution >= 4 is 0 Å². The molecule has 1 N–H and O–H groups in total. The van der Waals surface area contributed by atoms with Gasteiger partial charge in [0.25, 0.3) is 0 Å². The van der Waals surface area contributed by atoms with E-state index in [4.69, 9.17) is 9.47 Å². The third kappa shape index (κ3) is 7.05. The van der Waals surface area contributed by atoms with Crippen molar-refractivity contribution in [3.63, 3.8) is 0 Å². The van der Waals surface area contributed by atoms with Gasteiger partial charge in [0.05, 0.1) is 13.2 Å². The van der Waals surface area contributed by atoms with Gasteiger partial charge in [0.2, 0.25) is 0 Å². The van der Waals surface area contributed by atoms with Crippen LogP contribution >= 0.6 is 0 Å². The lowest BCUT2D eigenvalue weighted by atomic mass is 10.1. The first-order chi connectivity index (χ1) is 10.2. The van der Waals surface area contributed by atoms with Crippen LogP contribution in [0.25, 0.3) is 0 Å². The maximum Gasteiger partial charge on any atom is 0.0615 e. The van der Waals surface area contributed by atoms with Crippen LogP contribution in [0.15, 0.2) is 24.3 Å². The summed E-state index contributed by atoms with van der Waals surface area (Å²) in [6.07, 6.45) is 1.07. The normalized spacial score (nSPS) is 12.8.